The molecule has 5 amide bonds. The van der Waals surface area contributed by atoms with Crippen molar-refractivity contribution < 1.29 is 28.8 Å². The van der Waals surface area contributed by atoms with Gasteiger partial charge in [0.15, 0.2) is 0 Å². The summed E-state index contributed by atoms with van der Waals surface area (Å²) in [5.74, 6) is -4.65. The number of ketones is 1. The van der Waals surface area contributed by atoms with Crippen LogP contribution in [0.1, 0.15) is 43.0 Å². The van der Waals surface area contributed by atoms with E-state index < -0.39 is 53.1 Å². The first-order chi connectivity index (χ1) is 21.7. The van der Waals surface area contributed by atoms with Crippen LogP contribution >= 0.6 is 0 Å². The van der Waals surface area contributed by atoms with E-state index in [1.807, 2.05) is 61.5 Å². The molecule has 0 aliphatic rings. The molecule has 46 heavy (non-hydrogen) atoms. The second kappa shape index (κ2) is 16.1. The third-order valence-corrected chi connectivity index (χ3v) is 7.31. The summed E-state index contributed by atoms with van der Waals surface area (Å²) >= 11 is 0. The van der Waals surface area contributed by atoms with E-state index in [2.05, 4.69) is 21.3 Å². The van der Waals surface area contributed by atoms with Gasteiger partial charge in [-0.15, -0.1) is 0 Å². The third kappa shape index (κ3) is 10.7. The molecule has 0 aromatic heterocycles. The number of hydrogen-bond donors (Lipinski definition) is 5. The molecule has 0 radical (unpaired) electrons. The van der Waals surface area contributed by atoms with E-state index >= 15 is 0 Å². The van der Waals surface area contributed by atoms with Gasteiger partial charge in [-0.1, -0.05) is 90.5 Å². The van der Waals surface area contributed by atoms with Crippen LogP contribution in [0.25, 0.3) is 0 Å². The Hall–Kier alpha value is -5.32. The van der Waals surface area contributed by atoms with Crippen LogP contribution in [0.2, 0.25) is 0 Å². The van der Waals surface area contributed by atoms with Crippen molar-refractivity contribution in [3.63, 3.8) is 0 Å². The lowest BCUT2D eigenvalue weighted by molar-refractivity contribution is -0.141. The molecule has 3 aromatic rings. The van der Waals surface area contributed by atoms with Crippen molar-refractivity contribution in [2.45, 2.75) is 70.6 Å². The molecule has 242 valence electrons. The van der Waals surface area contributed by atoms with Gasteiger partial charge >= 0.3 is 0 Å². The van der Waals surface area contributed by atoms with Crippen LogP contribution in [0.3, 0.4) is 0 Å². The number of rotatable bonds is 15. The van der Waals surface area contributed by atoms with Gasteiger partial charge in [-0.25, -0.2) is 0 Å². The van der Waals surface area contributed by atoms with Gasteiger partial charge < -0.3 is 27.0 Å². The van der Waals surface area contributed by atoms with E-state index in [9.17, 15) is 28.8 Å². The number of carbonyl (C=O) groups is 6. The number of Topliss-reactive ketones (excluding diaryl/α,β-unsaturated/α-hetero) is 1. The minimum atomic E-state index is -1.42. The zero-order valence-corrected chi connectivity index (χ0v) is 26.5. The van der Waals surface area contributed by atoms with Crippen molar-refractivity contribution >= 4 is 35.3 Å². The van der Waals surface area contributed by atoms with E-state index in [1.54, 1.807) is 30.3 Å². The maximum absolute atomic E-state index is 13.4. The number of carbonyl (C=O) groups excluding carboxylic acids is 6. The molecular formula is C35H41N5O6. The van der Waals surface area contributed by atoms with Crippen LogP contribution < -0.4 is 27.0 Å². The van der Waals surface area contributed by atoms with Gasteiger partial charge in [0.2, 0.25) is 29.4 Å². The van der Waals surface area contributed by atoms with Gasteiger partial charge in [0.05, 0.1) is 12.5 Å². The monoisotopic (exact) mass is 627 g/mol. The van der Waals surface area contributed by atoms with E-state index in [1.165, 1.54) is 20.8 Å². The predicted octanol–water partition coefficient (Wildman–Crippen LogP) is 1.45. The van der Waals surface area contributed by atoms with Gasteiger partial charge in [-0.2, -0.15) is 0 Å². The molecule has 3 aromatic carbocycles. The lowest BCUT2D eigenvalue weighted by atomic mass is 10.0. The quantitative estimate of drug-likeness (QED) is 0.159. The van der Waals surface area contributed by atoms with Crippen LogP contribution in [0.5, 0.6) is 0 Å². The Morgan fingerprint density at radius 3 is 1.74 bits per heavy atom. The normalized spacial score (nSPS) is 13.0. The second-order valence-electron chi connectivity index (χ2n) is 11.8. The molecule has 6 N–H and O–H groups in total. The first-order valence-electron chi connectivity index (χ1n) is 14.9. The van der Waals surface area contributed by atoms with Gasteiger partial charge in [-0.05, 0) is 44.4 Å². The summed E-state index contributed by atoms with van der Waals surface area (Å²) in [4.78, 5) is 77.5. The summed E-state index contributed by atoms with van der Waals surface area (Å²) in [6.07, 6.45) is 0.219. The molecule has 3 rings (SSSR count). The second-order valence-corrected chi connectivity index (χ2v) is 11.8. The molecule has 0 fully saturated rings. The summed E-state index contributed by atoms with van der Waals surface area (Å²) in [6, 6.07) is 21.8. The maximum atomic E-state index is 13.4. The topological polar surface area (TPSA) is 177 Å². The van der Waals surface area contributed by atoms with Crippen molar-refractivity contribution in [2.24, 2.45) is 5.73 Å². The van der Waals surface area contributed by atoms with Gasteiger partial charge in [0.1, 0.15) is 17.6 Å². The van der Waals surface area contributed by atoms with Crippen LogP contribution in [-0.2, 0) is 48.0 Å². The smallest absolute Gasteiger partial charge is 0.290 e. The van der Waals surface area contributed by atoms with Crippen molar-refractivity contribution in [1.29, 1.82) is 0 Å². The molecule has 3 atom stereocenters. The highest BCUT2D eigenvalue weighted by Crippen LogP contribution is 2.09. The molecular weight excluding hydrogens is 586 g/mol. The first-order valence-corrected chi connectivity index (χ1v) is 14.9. The highest BCUT2D eigenvalue weighted by Gasteiger charge is 2.34. The zero-order chi connectivity index (χ0) is 33.9. The zero-order valence-electron chi connectivity index (χ0n) is 26.5. The fraction of sp³-hybridized carbons (Fsp3) is 0.314. The number of hydrogen-bond acceptors (Lipinski definition) is 6. The predicted molar refractivity (Wildman–Crippen MR) is 173 cm³/mol. The largest absolute Gasteiger partial charge is 0.368 e. The Morgan fingerprint density at radius 1 is 0.696 bits per heavy atom. The number of nitrogens with one attached hydrogen (secondary N) is 4. The highest BCUT2D eigenvalue weighted by atomic mass is 16.2. The molecule has 0 heterocycles. The lowest BCUT2D eigenvalue weighted by Gasteiger charge is -2.26. The Balaban J connectivity index is 1.72. The molecule has 11 nitrogen and oxygen atoms in total. The third-order valence-electron chi connectivity index (χ3n) is 7.31. The fourth-order valence-electron chi connectivity index (χ4n) is 4.63. The highest BCUT2D eigenvalue weighted by molar-refractivity contribution is 6.38. The van der Waals surface area contributed by atoms with E-state index in [0.717, 1.165) is 16.7 Å². The maximum Gasteiger partial charge on any atom is 0.290 e. The van der Waals surface area contributed by atoms with Crippen LogP contribution in [0.15, 0.2) is 84.9 Å². The summed E-state index contributed by atoms with van der Waals surface area (Å²) in [7, 11) is 0. The summed E-state index contributed by atoms with van der Waals surface area (Å²) < 4.78 is 0. The summed E-state index contributed by atoms with van der Waals surface area (Å²) in [6.45, 7) is 6.10. The van der Waals surface area contributed by atoms with E-state index in [4.69, 9.17) is 5.73 Å². The molecule has 0 aliphatic heterocycles. The lowest BCUT2D eigenvalue weighted by Crippen LogP contribution is -2.60. The van der Waals surface area contributed by atoms with E-state index in [-0.39, 0.29) is 25.2 Å². The number of primary amides is 1. The molecule has 0 aliphatic carbocycles. The molecule has 0 bridgehead atoms. The van der Waals surface area contributed by atoms with Gasteiger partial charge in [0, 0.05) is 12.8 Å². The Bertz CT molecular complexity index is 1560. The Labute approximate surface area is 268 Å². The molecule has 0 saturated heterocycles. The average molecular weight is 628 g/mol. The summed E-state index contributed by atoms with van der Waals surface area (Å²) in [5, 5.41) is 10.2. The van der Waals surface area contributed by atoms with Gasteiger partial charge in [-0.3, -0.25) is 28.8 Å². The minimum absolute atomic E-state index is 0.0212. The average Bonchev–Trinajstić information content (AvgIpc) is 3.00. The number of aryl methyl sites for hydroxylation is 1. The number of amides is 5. The molecule has 0 spiro atoms. The Kier molecular flexibility index (Phi) is 12.3. The summed E-state index contributed by atoms with van der Waals surface area (Å²) in [5.41, 5.74) is 7.23. The standard InChI is InChI=1S/C35H41N5O6/c1-22-12-11-17-26(18-22)21-29(41)38-27(19-24-13-7-5-8-14-24)31(43)37-23(2)30(42)33(45)39-28(20-25-15-9-6-10-16-25)32(44)40-35(3,4)34(36)46/h5-18,23,27-28H,19-21H2,1-4H3,(H2,36,46)(H,37,43)(H,38,41)(H,39,45)(H,40,44). The minimum Gasteiger partial charge on any atom is -0.368 e. The number of benzene rings is 3. The number of nitrogens with two attached hydrogens (primary N) is 1. The fourth-order valence-corrected chi connectivity index (χ4v) is 4.63. The van der Waals surface area contributed by atoms with Crippen molar-refractivity contribution in [1.82, 2.24) is 21.3 Å². The first kappa shape index (κ1) is 35.2. The van der Waals surface area contributed by atoms with Crippen molar-refractivity contribution in [3.05, 3.63) is 107 Å². The van der Waals surface area contributed by atoms with Crippen molar-refractivity contribution in [3.8, 4) is 0 Å². The van der Waals surface area contributed by atoms with Crippen molar-refractivity contribution in [2.75, 3.05) is 0 Å². The van der Waals surface area contributed by atoms with E-state index in [0.29, 0.717) is 5.56 Å². The molecule has 3 unspecified atom stereocenters. The van der Waals surface area contributed by atoms with Crippen LogP contribution in [-0.4, -0.2) is 59.0 Å². The van der Waals surface area contributed by atoms with Gasteiger partial charge in [0.25, 0.3) is 5.91 Å². The molecule has 0 saturated carbocycles. The van der Waals surface area contributed by atoms with Crippen LogP contribution in [0.4, 0.5) is 0 Å². The SMILES string of the molecule is Cc1cccc(CC(=O)NC(Cc2ccccc2)C(=O)NC(C)C(=O)C(=O)NC(Cc2ccccc2)C(=O)NC(C)(C)C(N)=O)c1. The molecule has 11 heteroatoms. The Morgan fingerprint density at radius 2 is 1.22 bits per heavy atom. The van der Waals surface area contributed by atoms with Crippen LogP contribution in [0, 0.1) is 6.92 Å².